The molecule has 0 spiro atoms. The van der Waals surface area contributed by atoms with Gasteiger partial charge < -0.3 is 14.2 Å². The molecule has 1 unspecified atom stereocenters. The van der Waals surface area contributed by atoms with E-state index in [1.807, 2.05) is 17.5 Å². The highest BCUT2D eigenvalue weighted by Crippen LogP contribution is 2.41. The summed E-state index contributed by atoms with van der Waals surface area (Å²) in [6, 6.07) is 6.01. The van der Waals surface area contributed by atoms with E-state index in [2.05, 4.69) is 6.07 Å². The number of nitriles is 1. The van der Waals surface area contributed by atoms with Crippen molar-refractivity contribution in [2.45, 2.75) is 18.4 Å². The van der Waals surface area contributed by atoms with Gasteiger partial charge in [-0.2, -0.15) is 5.26 Å². The Labute approximate surface area is 136 Å². The van der Waals surface area contributed by atoms with Crippen LogP contribution in [0.1, 0.15) is 23.3 Å². The third-order valence-corrected chi connectivity index (χ3v) is 5.46. The van der Waals surface area contributed by atoms with Crippen molar-refractivity contribution in [1.82, 2.24) is 9.47 Å². The van der Waals surface area contributed by atoms with Gasteiger partial charge in [0.1, 0.15) is 5.54 Å². The van der Waals surface area contributed by atoms with Gasteiger partial charge in [-0.15, -0.1) is 11.3 Å². The van der Waals surface area contributed by atoms with E-state index in [1.165, 1.54) is 11.3 Å². The van der Waals surface area contributed by atoms with Gasteiger partial charge >= 0.3 is 0 Å². The molecule has 0 N–H and O–H groups in total. The average Bonchev–Trinajstić information content (AvgIpc) is 3.21. The first-order valence-corrected chi connectivity index (χ1v) is 8.42. The minimum absolute atomic E-state index is 0.0296. The Hall–Kier alpha value is -2.17. The van der Waals surface area contributed by atoms with Crippen molar-refractivity contribution < 1.29 is 14.3 Å². The maximum absolute atomic E-state index is 12.6. The lowest BCUT2D eigenvalue weighted by atomic mass is 9.92. The van der Waals surface area contributed by atoms with E-state index in [0.717, 1.165) is 10.2 Å². The molecule has 0 bridgehead atoms. The Morgan fingerprint density at radius 3 is 2.96 bits per heavy atom. The lowest BCUT2D eigenvalue weighted by Crippen LogP contribution is -2.44. The molecular weight excluding hydrogens is 314 g/mol. The summed E-state index contributed by atoms with van der Waals surface area (Å²) in [6.45, 7) is 2.13. The van der Waals surface area contributed by atoms with Crippen LogP contribution in [0, 0.1) is 11.3 Å². The highest BCUT2D eigenvalue weighted by atomic mass is 32.1. The largest absolute Gasteiger partial charge is 0.378 e. The molecule has 1 saturated heterocycles. The van der Waals surface area contributed by atoms with Crippen LogP contribution >= 0.6 is 11.3 Å². The normalized spacial score (nSPS) is 24.0. The number of ether oxygens (including phenoxy) is 1. The number of carbonyl (C=O) groups excluding carboxylic acids is 2. The molecule has 2 aliphatic rings. The average molecular weight is 329 g/mol. The van der Waals surface area contributed by atoms with Gasteiger partial charge in [0.25, 0.3) is 0 Å². The summed E-state index contributed by atoms with van der Waals surface area (Å²) in [6.07, 6.45) is 0.0998. The summed E-state index contributed by atoms with van der Waals surface area (Å²) in [5.41, 5.74) is 0.306. The van der Waals surface area contributed by atoms with Crippen LogP contribution in [0.3, 0.4) is 0 Å². The van der Waals surface area contributed by atoms with Gasteiger partial charge in [0.15, 0.2) is 5.78 Å². The lowest BCUT2D eigenvalue weighted by molar-refractivity contribution is -0.136. The van der Waals surface area contributed by atoms with Gasteiger partial charge in [-0.25, -0.2) is 0 Å². The second-order valence-electron chi connectivity index (χ2n) is 5.95. The van der Waals surface area contributed by atoms with Crippen LogP contribution in [0.25, 0.3) is 10.2 Å². The molecule has 2 aromatic heterocycles. The van der Waals surface area contributed by atoms with Gasteiger partial charge in [-0.05, 0) is 17.5 Å². The number of morpholine rings is 1. The zero-order valence-corrected chi connectivity index (χ0v) is 13.3. The number of fused-ring (bicyclic) bond motifs is 3. The van der Waals surface area contributed by atoms with E-state index in [1.54, 1.807) is 9.47 Å². The topological polar surface area (TPSA) is 75.3 Å². The van der Waals surface area contributed by atoms with E-state index in [0.29, 0.717) is 32.0 Å². The molecule has 6 nitrogen and oxygen atoms in total. The van der Waals surface area contributed by atoms with Crippen LogP contribution in [0.2, 0.25) is 0 Å². The summed E-state index contributed by atoms with van der Waals surface area (Å²) in [4.78, 5) is 26.7. The van der Waals surface area contributed by atoms with Crippen LogP contribution in [-0.4, -0.2) is 47.5 Å². The molecule has 2 aromatic rings. The lowest BCUT2D eigenvalue weighted by Gasteiger charge is -2.30. The van der Waals surface area contributed by atoms with Crippen molar-refractivity contribution in [1.29, 1.82) is 5.26 Å². The summed E-state index contributed by atoms with van der Waals surface area (Å²) < 4.78 is 8.02. The molecule has 4 heterocycles. The first-order chi connectivity index (χ1) is 11.1. The molecule has 1 atom stereocenters. The SMILES string of the molecule is N#CC1(CC(=O)N2CCOCC2)CC(=O)c2cc3sccc3n21. The number of nitrogens with zero attached hydrogens (tertiary/aromatic N) is 3. The first kappa shape index (κ1) is 14.4. The number of aromatic nitrogens is 1. The van der Waals surface area contributed by atoms with Crippen molar-refractivity contribution in [3.63, 3.8) is 0 Å². The smallest absolute Gasteiger partial charge is 0.226 e. The molecule has 0 aromatic carbocycles. The number of thiophene rings is 1. The van der Waals surface area contributed by atoms with Crippen LogP contribution in [-0.2, 0) is 15.1 Å². The van der Waals surface area contributed by atoms with Crippen molar-refractivity contribution in [2.24, 2.45) is 0 Å². The van der Waals surface area contributed by atoms with Gasteiger partial charge in [0.2, 0.25) is 5.91 Å². The molecule has 7 heteroatoms. The minimum Gasteiger partial charge on any atom is -0.378 e. The monoisotopic (exact) mass is 329 g/mol. The van der Waals surface area contributed by atoms with Crippen molar-refractivity contribution in [3.8, 4) is 6.07 Å². The van der Waals surface area contributed by atoms with Crippen LogP contribution in [0.5, 0.6) is 0 Å². The molecule has 0 aliphatic carbocycles. The Balaban J connectivity index is 1.72. The predicted octanol–water partition coefficient (Wildman–Crippen LogP) is 1.76. The van der Waals surface area contributed by atoms with Crippen LogP contribution in [0.15, 0.2) is 17.5 Å². The fraction of sp³-hybridized carbons (Fsp3) is 0.438. The Kier molecular flexibility index (Phi) is 3.25. The number of rotatable bonds is 2. The molecular formula is C16H15N3O3S. The molecule has 0 radical (unpaired) electrons. The van der Waals surface area contributed by atoms with E-state index in [9.17, 15) is 14.9 Å². The first-order valence-electron chi connectivity index (χ1n) is 7.54. The third kappa shape index (κ3) is 2.10. The fourth-order valence-electron chi connectivity index (χ4n) is 3.47. The summed E-state index contributed by atoms with van der Waals surface area (Å²) in [5.74, 6) is -0.155. The highest BCUT2D eigenvalue weighted by Gasteiger charge is 2.47. The van der Waals surface area contributed by atoms with Gasteiger partial charge in [-0.3, -0.25) is 9.59 Å². The Bertz CT molecular complexity index is 840. The van der Waals surface area contributed by atoms with Crippen LogP contribution in [0.4, 0.5) is 0 Å². The van der Waals surface area contributed by atoms with E-state index >= 15 is 0 Å². The molecule has 23 heavy (non-hydrogen) atoms. The summed E-state index contributed by atoms with van der Waals surface area (Å²) in [5, 5.41) is 11.8. The Morgan fingerprint density at radius 2 is 2.22 bits per heavy atom. The Morgan fingerprint density at radius 1 is 1.43 bits per heavy atom. The number of carbonyl (C=O) groups is 2. The zero-order valence-electron chi connectivity index (χ0n) is 12.4. The minimum atomic E-state index is -1.11. The molecule has 2 aliphatic heterocycles. The predicted molar refractivity (Wildman–Crippen MR) is 84.4 cm³/mol. The summed E-state index contributed by atoms with van der Waals surface area (Å²) in [7, 11) is 0. The van der Waals surface area contributed by atoms with E-state index in [4.69, 9.17) is 4.74 Å². The van der Waals surface area contributed by atoms with Crippen molar-refractivity contribution >= 4 is 33.2 Å². The second-order valence-corrected chi connectivity index (χ2v) is 6.90. The molecule has 4 rings (SSSR count). The molecule has 118 valence electrons. The maximum atomic E-state index is 12.6. The third-order valence-electron chi connectivity index (χ3n) is 4.61. The van der Waals surface area contributed by atoms with Gasteiger partial charge in [-0.1, -0.05) is 0 Å². The van der Waals surface area contributed by atoms with Crippen LogP contribution < -0.4 is 0 Å². The second kappa shape index (κ2) is 5.18. The maximum Gasteiger partial charge on any atom is 0.226 e. The molecule has 1 amide bonds. The summed E-state index contributed by atoms with van der Waals surface area (Å²) >= 11 is 1.54. The fourth-order valence-corrected chi connectivity index (χ4v) is 4.28. The van der Waals surface area contributed by atoms with E-state index < -0.39 is 5.54 Å². The van der Waals surface area contributed by atoms with Crippen molar-refractivity contribution in [3.05, 3.63) is 23.2 Å². The molecule has 0 saturated carbocycles. The highest BCUT2D eigenvalue weighted by molar-refractivity contribution is 7.17. The van der Waals surface area contributed by atoms with E-state index in [-0.39, 0.29) is 24.5 Å². The van der Waals surface area contributed by atoms with Crippen molar-refractivity contribution in [2.75, 3.05) is 26.3 Å². The molecule has 1 fully saturated rings. The zero-order chi connectivity index (χ0) is 16.0. The number of amides is 1. The number of ketones is 1. The quantitative estimate of drug-likeness (QED) is 0.841. The number of Topliss-reactive ketones (excluding diaryl/α,β-unsaturated/α-hetero) is 1. The number of hydrogen-bond acceptors (Lipinski definition) is 5. The van der Waals surface area contributed by atoms with Gasteiger partial charge in [0, 0.05) is 13.1 Å². The van der Waals surface area contributed by atoms with Gasteiger partial charge in [0.05, 0.1) is 48.0 Å². The standard InChI is InChI=1S/C16H15N3O3S/c17-10-16(9-15(21)18-2-4-22-5-3-18)8-13(20)12-7-14-11(19(12)16)1-6-23-14/h1,6-7H,2-5,8-9H2. The number of hydrogen-bond donors (Lipinski definition) is 0.